The largest absolute Gasteiger partial charge is 0.474 e. The van der Waals surface area contributed by atoms with Crippen LogP contribution in [-0.4, -0.2) is 37.5 Å². The van der Waals surface area contributed by atoms with Gasteiger partial charge in [0.1, 0.15) is 12.4 Å². The van der Waals surface area contributed by atoms with Gasteiger partial charge in [-0.2, -0.15) is 0 Å². The summed E-state index contributed by atoms with van der Waals surface area (Å²) in [6, 6.07) is 12.0. The van der Waals surface area contributed by atoms with Crippen LogP contribution in [0.15, 0.2) is 54.1 Å². The van der Waals surface area contributed by atoms with Crippen LogP contribution in [0.3, 0.4) is 0 Å². The van der Waals surface area contributed by atoms with Gasteiger partial charge < -0.3 is 10.1 Å². The third kappa shape index (κ3) is 5.44. The molecule has 1 fully saturated rings. The Morgan fingerprint density at radius 2 is 2.00 bits per heavy atom. The summed E-state index contributed by atoms with van der Waals surface area (Å²) in [6.45, 7) is 2.51. The molecular weight excluding hydrogens is 410 g/mol. The molecule has 162 valence electrons. The van der Waals surface area contributed by atoms with Crippen LogP contribution in [0.5, 0.6) is 5.88 Å². The summed E-state index contributed by atoms with van der Waals surface area (Å²) in [4.78, 5) is 16.9. The molecule has 0 radical (unpaired) electrons. The number of carbonyl (C=O) groups excluding carboxylic acids is 1. The Morgan fingerprint density at radius 3 is 2.84 bits per heavy atom. The molecule has 8 heteroatoms. The number of hydrogen-bond donors (Lipinski definition) is 1. The first-order valence-electron chi connectivity index (χ1n) is 10.7. The Bertz CT molecular complexity index is 1020. The first-order valence-corrected chi connectivity index (χ1v) is 11.7. The van der Waals surface area contributed by atoms with Crippen molar-refractivity contribution < 1.29 is 9.53 Å². The number of thioether (sulfide) groups is 1. The molecule has 1 aromatic carbocycles. The highest BCUT2D eigenvalue weighted by Crippen LogP contribution is 2.25. The first-order chi connectivity index (χ1) is 15.2. The maximum atomic E-state index is 12.5. The van der Waals surface area contributed by atoms with E-state index in [-0.39, 0.29) is 17.8 Å². The number of rotatable bonds is 9. The van der Waals surface area contributed by atoms with E-state index >= 15 is 0 Å². The van der Waals surface area contributed by atoms with E-state index in [1.807, 2.05) is 34.9 Å². The Labute approximate surface area is 186 Å². The molecule has 1 N–H and O–H groups in total. The summed E-state index contributed by atoms with van der Waals surface area (Å²) in [6.07, 6.45) is 9.11. The van der Waals surface area contributed by atoms with Crippen molar-refractivity contribution in [1.82, 2.24) is 25.1 Å². The van der Waals surface area contributed by atoms with Crippen LogP contribution in [0.25, 0.3) is 5.69 Å². The number of benzene rings is 1. The molecule has 2 heterocycles. The molecule has 2 aromatic heterocycles. The topological polar surface area (TPSA) is 81.9 Å². The van der Waals surface area contributed by atoms with E-state index in [9.17, 15) is 4.79 Å². The Morgan fingerprint density at radius 1 is 1.19 bits per heavy atom. The van der Waals surface area contributed by atoms with Crippen LogP contribution in [0, 0.1) is 0 Å². The number of carbonyl (C=O) groups is 1. The first kappa shape index (κ1) is 21.4. The smallest absolute Gasteiger partial charge is 0.230 e. The van der Waals surface area contributed by atoms with Gasteiger partial charge >= 0.3 is 0 Å². The van der Waals surface area contributed by atoms with Gasteiger partial charge in [0, 0.05) is 18.3 Å². The lowest BCUT2D eigenvalue weighted by atomic mass is 10.1. The van der Waals surface area contributed by atoms with Crippen molar-refractivity contribution in [3.8, 4) is 11.6 Å². The molecule has 0 unspecified atom stereocenters. The van der Waals surface area contributed by atoms with Gasteiger partial charge in [-0.15, -0.1) is 10.2 Å². The molecule has 31 heavy (non-hydrogen) atoms. The molecule has 1 aliphatic carbocycles. The third-order valence-corrected chi connectivity index (χ3v) is 6.33. The average Bonchev–Trinajstić information content (AvgIpc) is 3.49. The Balaban J connectivity index is 1.34. The maximum Gasteiger partial charge on any atom is 0.230 e. The molecule has 0 saturated heterocycles. The summed E-state index contributed by atoms with van der Waals surface area (Å²) in [7, 11) is 0. The van der Waals surface area contributed by atoms with Crippen molar-refractivity contribution in [2.24, 2.45) is 0 Å². The zero-order valence-electron chi connectivity index (χ0n) is 17.7. The van der Waals surface area contributed by atoms with E-state index in [1.165, 1.54) is 30.2 Å². The lowest BCUT2D eigenvalue weighted by Crippen LogP contribution is -2.25. The van der Waals surface area contributed by atoms with Crippen LogP contribution in [0.1, 0.15) is 43.7 Å². The van der Waals surface area contributed by atoms with Gasteiger partial charge in [0.15, 0.2) is 5.16 Å². The van der Waals surface area contributed by atoms with Gasteiger partial charge in [0.05, 0.1) is 11.4 Å². The summed E-state index contributed by atoms with van der Waals surface area (Å²) < 4.78 is 7.99. The monoisotopic (exact) mass is 437 g/mol. The SMILES string of the molecule is CCc1ccccc1-n1cnnc1SCC(=O)NCc1cccnc1OC1CCCC1. The lowest BCUT2D eigenvalue weighted by Gasteiger charge is -2.15. The molecule has 7 nitrogen and oxygen atoms in total. The summed E-state index contributed by atoms with van der Waals surface area (Å²) in [5.41, 5.74) is 3.15. The number of aromatic nitrogens is 4. The molecule has 0 spiro atoms. The van der Waals surface area contributed by atoms with Gasteiger partial charge in [0.2, 0.25) is 11.8 Å². The number of para-hydroxylation sites is 1. The highest BCUT2D eigenvalue weighted by Gasteiger charge is 2.19. The molecule has 1 aliphatic rings. The van der Waals surface area contributed by atoms with Crippen LogP contribution in [0.4, 0.5) is 0 Å². The number of ether oxygens (including phenoxy) is 1. The van der Waals surface area contributed by atoms with Gasteiger partial charge in [0.25, 0.3) is 0 Å². The predicted octanol–water partition coefficient (Wildman–Crippen LogP) is 3.95. The minimum Gasteiger partial charge on any atom is -0.474 e. The van der Waals surface area contributed by atoms with Crippen molar-refractivity contribution in [1.29, 1.82) is 0 Å². The second-order valence-electron chi connectivity index (χ2n) is 7.52. The van der Waals surface area contributed by atoms with Crippen molar-refractivity contribution in [3.63, 3.8) is 0 Å². The average molecular weight is 438 g/mol. The van der Waals surface area contributed by atoms with Crippen LogP contribution >= 0.6 is 11.8 Å². The second kappa shape index (κ2) is 10.4. The fraction of sp³-hybridized carbons (Fsp3) is 0.391. The van der Waals surface area contributed by atoms with E-state index in [4.69, 9.17) is 4.74 Å². The highest BCUT2D eigenvalue weighted by molar-refractivity contribution is 7.99. The van der Waals surface area contributed by atoms with Gasteiger partial charge in [-0.25, -0.2) is 4.98 Å². The van der Waals surface area contributed by atoms with Crippen LogP contribution in [0.2, 0.25) is 0 Å². The standard InChI is InChI=1S/C23H27N5O2S/c1-2-17-8-3-6-12-20(17)28-16-26-27-23(28)31-15-21(29)25-14-18-9-7-13-24-22(18)30-19-10-4-5-11-19/h3,6-9,12-13,16,19H,2,4-5,10-11,14-15H2,1H3,(H,25,29). The Hall–Kier alpha value is -2.87. The predicted molar refractivity (Wildman–Crippen MR) is 120 cm³/mol. The molecule has 1 saturated carbocycles. The molecule has 0 atom stereocenters. The molecule has 4 rings (SSSR count). The highest BCUT2D eigenvalue weighted by atomic mass is 32.2. The van der Waals surface area contributed by atoms with Crippen LogP contribution < -0.4 is 10.1 Å². The number of pyridine rings is 1. The zero-order chi connectivity index (χ0) is 21.5. The molecular formula is C23H27N5O2S. The quantitative estimate of drug-likeness (QED) is 0.511. The summed E-state index contributed by atoms with van der Waals surface area (Å²) >= 11 is 1.37. The number of hydrogen-bond acceptors (Lipinski definition) is 6. The minimum atomic E-state index is -0.0704. The normalized spacial score (nSPS) is 14.0. The van der Waals surface area contributed by atoms with E-state index < -0.39 is 0 Å². The lowest BCUT2D eigenvalue weighted by molar-refractivity contribution is -0.118. The minimum absolute atomic E-state index is 0.0704. The summed E-state index contributed by atoms with van der Waals surface area (Å²) in [5.74, 6) is 0.809. The van der Waals surface area contributed by atoms with E-state index in [2.05, 4.69) is 33.5 Å². The van der Waals surface area contributed by atoms with E-state index in [0.29, 0.717) is 17.6 Å². The number of nitrogens with one attached hydrogen (secondary N) is 1. The molecule has 3 aromatic rings. The molecule has 0 aliphatic heterocycles. The van der Waals surface area contributed by atoms with Crippen LogP contribution in [-0.2, 0) is 17.8 Å². The number of aryl methyl sites for hydroxylation is 1. The van der Waals surface area contributed by atoms with Crippen molar-refractivity contribution in [2.45, 2.75) is 56.8 Å². The van der Waals surface area contributed by atoms with Gasteiger partial charge in [-0.3, -0.25) is 9.36 Å². The van der Waals surface area contributed by atoms with Crippen molar-refractivity contribution in [3.05, 3.63) is 60.0 Å². The van der Waals surface area contributed by atoms with E-state index in [0.717, 1.165) is 30.5 Å². The van der Waals surface area contributed by atoms with E-state index in [1.54, 1.807) is 12.5 Å². The number of nitrogens with zero attached hydrogens (tertiary/aromatic N) is 4. The number of amides is 1. The van der Waals surface area contributed by atoms with Gasteiger partial charge in [-0.1, -0.05) is 43.0 Å². The third-order valence-electron chi connectivity index (χ3n) is 5.39. The van der Waals surface area contributed by atoms with Gasteiger partial charge in [-0.05, 0) is 49.8 Å². The summed E-state index contributed by atoms with van der Waals surface area (Å²) in [5, 5.41) is 11.9. The molecule has 1 amide bonds. The van der Waals surface area contributed by atoms with Crippen molar-refractivity contribution in [2.75, 3.05) is 5.75 Å². The fourth-order valence-corrected chi connectivity index (χ4v) is 4.49. The fourth-order valence-electron chi connectivity index (χ4n) is 3.74. The van der Waals surface area contributed by atoms with Crippen molar-refractivity contribution >= 4 is 17.7 Å². The zero-order valence-corrected chi connectivity index (χ0v) is 18.5. The molecule has 0 bridgehead atoms. The Kier molecular flexibility index (Phi) is 7.19. The maximum absolute atomic E-state index is 12.5. The second-order valence-corrected chi connectivity index (χ2v) is 8.47.